The minimum absolute atomic E-state index is 0.320. The fourth-order valence-corrected chi connectivity index (χ4v) is 3.30. The molecular weight excluding hydrogens is 304 g/mol. The number of nitrogens with zero attached hydrogens (tertiary/aromatic N) is 6. The number of β-amino-alcohol motifs (C(OH)–C–C–N with tert-alkyl or cyclic N) is 1. The zero-order valence-corrected chi connectivity index (χ0v) is 13.8. The van der Waals surface area contributed by atoms with Crippen LogP contribution in [0, 0.1) is 6.92 Å². The number of fused-ring (bicyclic) bond motifs is 1. The normalized spacial score (nSPS) is 18.3. The fourth-order valence-electron chi connectivity index (χ4n) is 3.30. The number of piperidine rings is 1. The molecule has 0 aromatic carbocycles. The van der Waals surface area contributed by atoms with Crippen molar-refractivity contribution in [1.82, 2.24) is 24.7 Å². The number of pyridine rings is 1. The maximum absolute atomic E-state index is 10.1. The lowest BCUT2D eigenvalue weighted by Crippen LogP contribution is -2.39. The Balaban J connectivity index is 1.93. The number of aromatic nitrogens is 5. The Hall–Kier alpha value is -2.54. The SMILES string of the molecule is Cc1nn(C)c2nc(-c3ccccn3)nc(N3CCCC(O)C3)c12. The van der Waals surface area contributed by atoms with E-state index in [1.165, 1.54) is 0 Å². The van der Waals surface area contributed by atoms with Crippen molar-refractivity contribution in [2.24, 2.45) is 7.05 Å². The number of aryl methyl sites for hydroxylation is 2. The molecule has 4 rings (SSSR count). The number of anilines is 1. The van der Waals surface area contributed by atoms with Crippen LogP contribution in [0.5, 0.6) is 0 Å². The summed E-state index contributed by atoms with van der Waals surface area (Å²) in [5.41, 5.74) is 2.42. The number of aliphatic hydroxyl groups is 1. The van der Waals surface area contributed by atoms with Crippen molar-refractivity contribution in [3.63, 3.8) is 0 Å². The summed E-state index contributed by atoms with van der Waals surface area (Å²) in [6, 6.07) is 5.70. The Labute approximate surface area is 140 Å². The molecule has 1 aliphatic rings. The van der Waals surface area contributed by atoms with E-state index in [1.807, 2.05) is 32.2 Å². The first-order valence-corrected chi connectivity index (χ1v) is 8.19. The second-order valence-electron chi connectivity index (χ2n) is 6.24. The molecule has 0 spiro atoms. The van der Waals surface area contributed by atoms with Gasteiger partial charge in [0.15, 0.2) is 11.5 Å². The van der Waals surface area contributed by atoms with E-state index in [1.54, 1.807) is 10.9 Å². The largest absolute Gasteiger partial charge is 0.391 e. The van der Waals surface area contributed by atoms with E-state index in [4.69, 9.17) is 4.98 Å². The van der Waals surface area contributed by atoms with Crippen LogP contribution in [-0.2, 0) is 7.05 Å². The van der Waals surface area contributed by atoms with Crippen LogP contribution in [0.25, 0.3) is 22.6 Å². The summed E-state index contributed by atoms with van der Waals surface area (Å²) in [6.07, 6.45) is 3.20. The zero-order valence-electron chi connectivity index (χ0n) is 13.8. The van der Waals surface area contributed by atoms with Crippen molar-refractivity contribution in [3.8, 4) is 11.5 Å². The molecule has 24 heavy (non-hydrogen) atoms. The highest BCUT2D eigenvalue weighted by molar-refractivity contribution is 5.91. The lowest BCUT2D eigenvalue weighted by molar-refractivity contribution is 0.154. The molecule has 0 saturated carbocycles. The molecule has 3 aromatic rings. The van der Waals surface area contributed by atoms with Gasteiger partial charge in [-0.15, -0.1) is 0 Å². The van der Waals surface area contributed by atoms with Gasteiger partial charge in [-0.3, -0.25) is 9.67 Å². The van der Waals surface area contributed by atoms with Gasteiger partial charge in [0.1, 0.15) is 11.5 Å². The van der Waals surface area contributed by atoms with Gasteiger partial charge in [0.2, 0.25) is 0 Å². The molecule has 0 radical (unpaired) electrons. The molecule has 1 unspecified atom stereocenters. The fraction of sp³-hybridized carbons (Fsp3) is 0.412. The number of hydrogen-bond donors (Lipinski definition) is 1. The lowest BCUT2D eigenvalue weighted by Gasteiger charge is -2.31. The van der Waals surface area contributed by atoms with Gasteiger partial charge in [-0.05, 0) is 31.9 Å². The van der Waals surface area contributed by atoms with Crippen LogP contribution >= 0.6 is 0 Å². The van der Waals surface area contributed by atoms with Crippen molar-refractivity contribution >= 4 is 16.9 Å². The van der Waals surface area contributed by atoms with E-state index >= 15 is 0 Å². The molecular formula is C17H20N6O. The molecule has 124 valence electrons. The van der Waals surface area contributed by atoms with E-state index in [0.29, 0.717) is 12.4 Å². The number of rotatable bonds is 2. The van der Waals surface area contributed by atoms with Gasteiger partial charge in [0.05, 0.1) is 17.2 Å². The van der Waals surface area contributed by atoms with Gasteiger partial charge in [-0.25, -0.2) is 9.97 Å². The molecule has 1 aliphatic heterocycles. The zero-order chi connectivity index (χ0) is 16.7. The quantitative estimate of drug-likeness (QED) is 0.773. The molecule has 0 aliphatic carbocycles. The third-order valence-corrected chi connectivity index (χ3v) is 4.43. The highest BCUT2D eigenvalue weighted by Gasteiger charge is 2.24. The monoisotopic (exact) mass is 324 g/mol. The van der Waals surface area contributed by atoms with E-state index in [-0.39, 0.29) is 6.10 Å². The molecule has 4 heterocycles. The van der Waals surface area contributed by atoms with Gasteiger partial charge in [0, 0.05) is 26.3 Å². The second-order valence-corrected chi connectivity index (χ2v) is 6.24. The van der Waals surface area contributed by atoms with E-state index in [2.05, 4.69) is 20.0 Å². The van der Waals surface area contributed by atoms with Crippen molar-refractivity contribution in [2.45, 2.75) is 25.9 Å². The van der Waals surface area contributed by atoms with E-state index in [9.17, 15) is 5.11 Å². The smallest absolute Gasteiger partial charge is 0.182 e. The molecule has 1 atom stereocenters. The van der Waals surface area contributed by atoms with Crippen LogP contribution in [0.3, 0.4) is 0 Å². The van der Waals surface area contributed by atoms with Crippen LogP contribution in [0.1, 0.15) is 18.5 Å². The Morgan fingerprint density at radius 2 is 2.12 bits per heavy atom. The predicted octanol–water partition coefficient (Wildman–Crippen LogP) is 1.69. The molecule has 7 nitrogen and oxygen atoms in total. The highest BCUT2D eigenvalue weighted by Crippen LogP contribution is 2.30. The van der Waals surface area contributed by atoms with Crippen LogP contribution in [0.2, 0.25) is 0 Å². The Bertz CT molecular complexity index is 876. The predicted molar refractivity (Wildman–Crippen MR) is 91.7 cm³/mol. The highest BCUT2D eigenvalue weighted by atomic mass is 16.3. The van der Waals surface area contributed by atoms with Crippen LogP contribution < -0.4 is 4.90 Å². The number of hydrogen-bond acceptors (Lipinski definition) is 6. The standard InChI is InChI=1S/C17H20N6O/c1-11-14-16(22(2)21-11)19-15(13-7-3-4-8-18-13)20-17(14)23-9-5-6-12(24)10-23/h3-4,7-8,12,24H,5-6,9-10H2,1-2H3. The van der Waals surface area contributed by atoms with Crippen molar-refractivity contribution in [3.05, 3.63) is 30.1 Å². The molecule has 0 amide bonds. The van der Waals surface area contributed by atoms with Crippen LogP contribution in [-0.4, -0.2) is 49.0 Å². The van der Waals surface area contributed by atoms with Gasteiger partial charge in [0.25, 0.3) is 0 Å². The van der Waals surface area contributed by atoms with Gasteiger partial charge < -0.3 is 10.0 Å². The average Bonchev–Trinajstić information content (AvgIpc) is 2.89. The Morgan fingerprint density at radius 3 is 2.88 bits per heavy atom. The third-order valence-electron chi connectivity index (χ3n) is 4.43. The first-order valence-electron chi connectivity index (χ1n) is 8.19. The third kappa shape index (κ3) is 2.50. The summed E-state index contributed by atoms with van der Waals surface area (Å²) in [4.78, 5) is 16.0. The molecule has 1 N–H and O–H groups in total. The summed E-state index contributed by atoms with van der Waals surface area (Å²) in [5, 5.41) is 15.5. The van der Waals surface area contributed by atoms with Gasteiger partial charge in [-0.2, -0.15) is 5.10 Å². The van der Waals surface area contributed by atoms with Gasteiger partial charge >= 0.3 is 0 Å². The summed E-state index contributed by atoms with van der Waals surface area (Å²) in [7, 11) is 1.89. The topological polar surface area (TPSA) is 80.0 Å². The molecule has 1 fully saturated rings. The van der Waals surface area contributed by atoms with Gasteiger partial charge in [-0.1, -0.05) is 6.07 Å². The maximum atomic E-state index is 10.1. The second kappa shape index (κ2) is 5.83. The molecule has 0 bridgehead atoms. The molecule has 1 saturated heterocycles. The van der Waals surface area contributed by atoms with Crippen molar-refractivity contribution < 1.29 is 5.11 Å². The number of aliphatic hydroxyl groups excluding tert-OH is 1. The summed E-state index contributed by atoms with van der Waals surface area (Å²) in [6.45, 7) is 3.43. The summed E-state index contributed by atoms with van der Waals surface area (Å²) in [5.74, 6) is 1.42. The minimum atomic E-state index is -0.320. The Kier molecular flexibility index (Phi) is 3.65. The molecule has 7 heteroatoms. The maximum Gasteiger partial charge on any atom is 0.182 e. The average molecular weight is 324 g/mol. The lowest BCUT2D eigenvalue weighted by atomic mass is 10.1. The van der Waals surface area contributed by atoms with Crippen molar-refractivity contribution in [1.29, 1.82) is 0 Å². The first-order chi connectivity index (χ1) is 11.6. The minimum Gasteiger partial charge on any atom is -0.391 e. The summed E-state index contributed by atoms with van der Waals surface area (Å²) >= 11 is 0. The molecule has 3 aromatic heterocycles. The van der Waals surface area contributed by atoms with Crippen LogP contribution in [0.15, 0.2) is 24.4 Å². The summed E-state index contributed by atoms with van der Waals surface area (Å²) < 4.78 is 1.78. The Morgan fingerprint density at radius 1 is 1.25 bits per heavy atom. The van der Waals surface area contributed by atoms with E-state index in [0.717, 1.165) is 47.6 Å². The first kappa shape index (κ1) is 15.0. The van der Waals surface area contributed by atoms with Crippen LogP contribution in [0.4, 0.5) is 5.82 Å². The van der Waals surface area contributed by atoms with Crippen molar-refractivity contribution in [2.75, 3.05) is 18.0 Å². The van der Waals surface area contributed by atoms with E-state index < -0.39 is 0 Å².